The average Bonchev–Trinajstić information content (AvgIpc) is 3.39. The molecule has 43 heavy (non-hydrogen) atoms. The third-order valence-corrected chi connectivity index (χ3v) is 9.18. The molecule has 0 bridgehead atoms. The van der Waals surface area contributed by atoms with E-state index in [0.29, 0.717) is 23.5 Å². The van der Waals surface area contributed by atoms with Crippen LogP contribution >= 0.6 is 0 Å². The lowest BCUT2D eigenvalue weighted by atomic mass is 9.56. The molecule has 218 valence electrons. The number of fused-ring (bicyclic) bond motifs is 4. The minimum absolute atomic E-state index is 0.0398. The quantitative estimate of drug-likeness (QED) is 0.285. The zero-order valence-electron chi connectivity index (χ0n) is 23.7. The Hall–Kier alpha value is -5.12. The summed E-state index contributed by atoms with van der Waals surface area (Å²) in [5.41, 5.74) is 0.194. The number of anilines is 1. The number of para-hydroxylation sites is 2. The van der Waals surface area contributed by atoms with Crippen LogP contribution < -0.4 is 21.0 Å². The average molecular weight is 579 g/mol. The Morgan fingerprint density at radius 3 is 2.26 bits per heavy atom. The number of allylic oxidation sites excluding steroid dienone is 2. The summed E-state index contributed by atoms with van der Waals surface area (Å²) < 4.78 is 9.69. The maximum absolute atomic E-state index is 14.4. The lowest BCUT2D eigenvalue weighted by Gasteiger charge is -2.47. The fourth-order valence-electron chi connectivity index (χ4n) is 7.26. The van der Waals surface area contributed by atoms with Gasteiger partial charge in [-0.05, 0) is 67.8 Å². The van der Waals surface area contributed by atoms with Crippen LogP contribution in [0, 0.1) is 11.3 Å². The summed E-state index contributed by atoms with van der Waals surface area (Å²) in [4.78, 5) is 57.4. The first kappa shape index (κ1) is 26.8. The Kier molecular flexibility index (Phi) is 6.05. The van der Waals surface area contributed by atoms with Gasteiger partial charge in [-0.25, -0.2) is 28.4 Å². The number of benzene rings is 3. The van der Waals surface area contributed by atoms with Crippen molar-refractivity contribution in [2.75, 3.05) is 11.5 Å². The number of rotatable bonds is 5. The molecule has 2 fully saturated rings. The first-order valence-electron chi connectivity index (χ1n) is 14.4. The fourth-order valence-corrected chi connectivity index (χ4v) is 7.26. The number of phenolic OH excluding ortho intramolecular Hbond substituents is 1. The maximum Gasteiger partial charge on any atom is 0.352 e. The van der Waals surface area contributed by atoms with Gasteiger partial charge in [0.25, 0.3) is 0 Å². The van der Waals surface area contributed by atoms with Crippen molar-refractivity contribution in [3.05, 3.63) is 117 Å². The molecule has 2 aliphatic heterocycles. The van der Waals surface area contributed by atoms with E-state index in [1.807, 2.05) is 32.1 Å². The van der Waals surface area contributed by atoms with Crippen LogP contribution in [0.15, 0.2) is 100 Å². The second-order valence-corrected chi connectivity index (χ2v) is 11.4. The molecule has 3 aliphatic rings. The number of imide groups is 1. The second kappa shape index (κ2) is 9.72. The van der Waals surface area contributed by atoms with Crippen molar-refractivity contribution in [3.8, 4) is 17.2 Å². The van der Waals surface area contributed by atoms with Crippen LogP contribution in [0.5, 0.6) is 11.5 Å². The summed E-state index contributed by atoms with van der Waals surface area (Å²) in [5, 5.41) is 10.5. The minimum atomic E-state index is -1.20. The Morgan fingerprint density at radius 1 is 0.907 bits per heavy atom. The van der Waals surface area contributed by atoms with Crippen LogP contribution in [0.4, 0.5) is 5.69 Å². The van der Waals surface area contributed by atoms with E-state index in [1.54, 1.807) is 60.7 Å². The highest BCUT2D eigenvalue weighted by Crippen LogP contribution is 2.61. The number of ether oxygens (including phenoxy) is 1. The molecule has 4 aromatic rings. The fraction of sp³-hybridized carbons (Fsp3) is 0.273. The number of aromatic hydroxyl groups is 1. The second-order valence-electron chi connectivity index (χ2n) is 11.4. The van der Waals surface area contributed by atoms with E-state index in [2.05, 4.69) is 0 Å². The van der Waals surface area contributed by atoms with Crippen molar-refractivity contribution in [1.82, 2.24) is 13.9 Å². The van der Waals surface area contributed by atoms with Gasteiger partial charge in [0, 0.05) is 5.92 Å². The highest BCUT2D eigenvalue weighted by Gasteiger charge is 2.65. The van der Waals surface area contributed by atoms with E-state index in [-0.39, 0.29) is 36.3 Å². The van der Waals surface area contributed by atoms with Gasteiger partial charge in [0.2, 0.25) is 11.8 Å². The molecule has 3 heterocycles. The smallest absolute Gasteiger partial charge is 0.352 e. The molecule has 1 aliphatic carbocycles. The molecule has 0 unspecified atom stereocenters. The molecule has 10 heteroatoms. The Bertz CT molecular complexity index is 1920. The van der Waals surface area contributed by atoms with Crippen molar-refractivity contribution >= 4 is 17.5 Å². The Labute approximate surface area is 246 Å². The molecule has 3 aromatic carbocycles. The first-order chi connectivity index (χ1) is 20.8. The molecule has 0 spiro atoms. The van der Waals surface area contributed by atoms with Gasteiger partial charge in [-0.15, -0.1) is 0 Å². The molecule has 0 radical (unpaired) electrons. The number of phenols is 1. The van der Waals surface area contributed by atoms with E-state index in [4.69, 9.17) is 4.74 Å². The topological polar surface area (TPSA) is 116 Å². The maximum atomic E-state index is 14.4. The largest absolute Gasteiger partial charge is 0.504 e. The van der Waals surface area contributed by atoms with Crippen LogP contribution in [-0.2, 0) is 16.1 Å². The van der Waals surface area contributed by atoms with E-state index < -0.39 is 34.7 Å². The molecular formula is C33H30N4O6. The highest BCUT2D eigenvalue weighted by molar-refractivity contribution is 6.24. The molecule has 4 atom stereocenters. The third-order valence-electron chi connectivity index (χ3n) is 9.18. The molecule has 2 amide bonds. The highest BCUT2D eigenvalue weighted by atomic mass is 16.5. The van der Waals surface area contributed by atoms with Gasteiger partial charge in [0.1, 0.15) is 0 Å². The summed E-state index contributed by atoms with van der Waals surface area (Å²) >= 11 is 0. The van der Waals surface area contributed by atoms with Crippen LogP contribution in [-0.4, -0.2) is 37.5 Å². The van der Waals surface area contributed by atoms with Crippen molar-refractivity contribution in [2.45, 2.75) is 38.8 Å². The Balaban J connectivity index is 1.44. The van der Waals surface area contributed by atoms with Gasteiger partial charge in [0.15, 0.2) is 11.5 Å². The number of carbonyl (C=O) groups is 2. The number of aromatic nitrogens is 3. The summed E-state index contributed by atoms with van der Waals surface area (Å²) in [5.74, 6) is -1.88. The van der Waals surface area contributed by atoms with Crippen LogP contribution in [0.25, 0.3) is 5.69 Å². The van der Waals surface area contributed by atoms with Gasteiger partial charge < -0.3 is 9.84 Å². The molecule has 1 saturated heterocycles. The van der Waals surface area contributed by atoms with Gasteiger partial charge in [0.05, 0.1) is 41.9 Å². The zero-order chi connectivity index (χ0) is 30.0. The van der Waals surface area contributed by atoms with Gasteiger partial charge in [-0.1, -0.05) is 48.5 Å². The predicted molar refractivity (Wildman–Crippen MR) is 159 cm³/mol. The normalized spacial score (nSPS) is 24.3. The summed E-state index contributed by atoms with van der Waals surface area (Å²) in [6, 6.07) is 21.9. The number of amides is 2. The molecule has 1 N–H and O–H groups in total. The minimum Gasteiger partial charge on any atom is -0.504 e. The number of carbonyl (C=O) groups excluding carboxylic acids is 2. The molecule has 10 nitrogen and oxygen atoms in total. The summed E-state index contributed by atoms with van der Waals surface area (Å²) in [6.45, 7) is 4.07. The van der Waals surface area contributed by atoms with E-state index in [9.17, 15) is 24.3 Å². The standard InChI is InChI=1S/C33H30N4O6/c1-3-43-27-18-20(14-15-26(27)38)28-23-16-17-34-31(41)36(22-12-8-5-9-13-22)32(42)37(34)25(23)19-24-29(39)35(30(40)33(24,28)2)21-10-6-4-7-11-21/h4-16,18,24-25,28,38H,3,17,19H2,1-2H3/t24-,25+,28-,33+/m0/s1. The van der Waals surface area contributed by atoms with Gasteiger partial charge in [-0.3, -0.25) is 9.59 Å². The third kappa shape index (κ3) is 3.72. The Morgan fingerprint density at radius 2 is 1.58 bits per heavy atom. The summed E-state index contributed by atoms with van der Waals surface area (Å²) in [6.07, 6.45) is 2.07. The van der Waals surface area contributed by atoms with Crippen molar-refractivity contribution in [2.24, 2.45) is 11.3 Å². The number of hydrogen-bond acceptors (Lipinski definition) is 6. The van der Waals surface area contributed by atoms with Crippen molar-refractivity contribution in [3.63, 3.8) is 0 Å². The van der Waals surface area contributed by atoms with Crippen LogP contribution in [0.3, 0.4) is 0 Å². The van der Waals surface area contributed by atoms with Gasteiger partial charge >= 0.3 is 11.4 Å². The predicted octanol–water partition coefficient (Wildman–Crippen LogP) is 3.77. The molecular weight excluding hydrogens is 548 g/mol. The van der Waals surface area contributed by atoms with Crippen molar-refractivity contribution in [1.29, 1.82) is 0 Å². The van der Waals surface area contributed by atoms with E-state index in [1.165, 1.54) is 20.3 Å². The van der Waals surface area contributed by atoms with E-state index in [0.717, 1.165) is 10.1 Å². The van der Waals surface area contributed by atoms with Crippen LogP contribution in [0.2, 0.25) is 0 Å². The lowest BCUT2D eigenvalue weighted by molar-refractivity contribution is -0.129. The number of nitrogens with zero attached hydrogens (tertiary/aromatic N) is 4. The molecule has 1 aromatic heterocycles. The van der Waals surface area contributed by atoms with Gasteiger partial charge in [-0.2, -0.15) is 0 Å². The van der Waals surface area contributed by atoms with E-state index >= 15 is 0 Å². The lowest BCUT2D eigenvalue weighted by Crippen LogP contribution is -2.49. The first-order valence-corrected chi connectivity index (χ1v) is 14.4. The van der Waals surface area contributed by atoms with Crippen molar-refractivity contribution < 1.29 is 19.4 Å². The SMILES string of the molecule is CCOc1cc([C@H]2C3=CCn4c(=O)n(-c5ccccc5)c(=O)n4[C@@H]3C[C@H]3C(=O)N(c4ccccc4)C(=O)[C@@]23C)ccc1O. The zero-order valence-corrected chi connectivity index (χ0v) is 23.7. The molecule has 7 rings (SSSR count). The summed E-state index contributed by atoms with van der Waals surface area (Å²) in [7, 11) is 0. The number of hydrogen-bond donors (Lipinski definition) is 1. The monoisotopic (exact) mass is 578 g/mol. The molecule has 1 saturated carbocycles. The van der Waals surface area contributed by atoms with Crippen LogP contribution in [0.1, 0.15) is 37.8 Å².